The van der Waals surface area contributed by atoms with E-state index in [1.807, 2.05) is 7.05 Å². The van der Waals surface area contributed by atoms with Gasteiger partial charge in [0.2, 0.25) is 5.91 Å². The summed E-state index contributed by atoms with van der Waals surface area (Å²) in [6.07, 6.45) is 13.2. The van der Waals surface area contributed by atoms with Gasteiger partial charge in [-0.05, 0) is 140 Å². The second-order valence-corrected chi connectivity index (χ2v) is 17.4. The second kappa shape index (κ2) is 12.2. The molecule has 4 saturated carbocycles. The van der Waals surface area contributed by atoms with Crippen LogP contribution in [0.1, 0.15) is 110 Å². The molecule has 5 nitrogen and oxygen atoms in total. The van der Waals surface area contributed by atoms with E-state index in [1.165, 1.54) is 48.8 Å². The number of carbonyl (C=O) groups is 1. The minimum Gasteiger partial charge on any atom is -0.354 e. The molecular formula is C41H62N2O3. The summed E-state index contributed by atoms with van der Waals surface area (Å²) in [6.45, 7) is 21.8. The van der Waals surface area contributed by atoms with Crippen molar-refractivity contribution >= 4 is 11.5 Å². The van der Waals surface area contributed by atoms with Crippen LogP contribution in [0.4, 0.5) is 0 Å². The fraction of sp³-hybridized carbons (Fsp3) is 0.732. The van der Waals surface area contributed by atoms with Gasteiger partial charge in [-0.25, -0.2) is 9.78 Å². The standard InChI is InChI=1S/C41H62N2O3/c1-27(2)30-16-21-41(36(44)43-25-24-42-8)23-22-39(6)32(35(30)41)14-15-34-38(5)19-17-31(29-12-10-28(11-13-29)26-46-45-9)37(3,4)33(38)18-20-40(34,39)7/h10-13,17,30,32-35,42H,1,14-16,18-26H2,2-9H3,(H,43,44)/t30-,32+,33-,34+,35+,38-,39+,40+,41-/m0/s1. The summed E-state index contributed by atoms with van der Waals surface area (Å²) in [7, 11) is 3.52. The molecule has 5 aliphatic rings. The van der Waals surface area contributed by atoms with Gasteiger partial charge in [-0.3, -0.25) is 4.79 Å². The van der Waals surface area contributed by atoms with Gasteiger partial charge in [0.05, 0.1) is 12.5 Å². The molecule has 0 aromatic heterocycles. The first kappa shape index (κ1) is 33.9. The summed E-state index contributed by atoms with van der Waals surface area (Å²) in [4.78, 5) is 24.1. The van der Waals surface area contributed by atoms with Gasteiger partial charge >= 0.3 is 0 Å². The summed E-state index contributed by atoms with van der Waals surface area (Å²) in [6, 6.07) is 8.94. The Hall–Kier alpha value is -1.95. The molecule has 1 aromatic carbocycles. The van der Waals surface area contributed by atoms with Gasteiger partial charge in [-0.15, -0.1) is 0 Å². The van der Waals surface area contributed by atoms with Crippen molar-refractivity contribution in [3.63, 3.8) is 0 Å². The van der Waals surface area contributed by atoms with Crippen LogP contribution in [-0.4, -0.2) is 33.2 Å². The van der Waals surface area contributed by atoms with Crippen LogP contribution in [0.2, 0.25) is 0 Å². The Morgan fingerprint density at radius 1 is 0.913 bits per heavy atom. The van der Waals surface area contributed by atoms with E-state index in [4.69, 9.17) is 9.78 Å². The van der Waals surface area contributed by atoms with Crippen LogP contribution >= 0.6 is 0 Å². The van der Waals surface area contributed by atoms with Crippen LogP contribution in [-0.2, 0) is 21.2 Å². The van der Waals surface area contributed by atoms with Crippen molar-refractivity contribution in [3.8, 4) is 0 Å². The highest BCUT2D eigenvalue weighted by Crippen LogP contribution is 2.77. The van der Waals surface area contributed by atoms with Crippen molar-refractivity contribution < 1.29 is 14.6 Å². The van der Waals surface area contributed by atoms with Gasteiger partial charge in [0.15, 0.2) is 0 Å². The lowest BCUT2D eigenvalue weighted by Crippen LogP contribution is -2.66. The molecule has 9 atom stereocenters. The first-order valence-electron chi connectivity index (χ1n) is 18.3. The van der Waals surface area contributed by atoms with E-state index in [2.05, 4.69) is 89.1 Å². The molecule has 0 radical (unpaired) electrons. The van der Waals surface area contributed by atoms with Crippen molar-refractivity contribution in [1.29, 1.82) is 0 Å². The number of carbonyl (C=O) groups excluding carboxylic acids is 1. The normalized spacial score (nSPS) is 41.0. The highest BCUT2D eigenvalue weighted by molar-refractivity contribution is 5.84. The Morgan fingerprint density at radius 3 is 2.33 bits per heavy atom. The van der Waals surface area contributed by atoms with Crippen LogP contribution in [0.5, 0.6) is 0 Å². The lowest BCUT2D eigenvalue weighted by Gasteiger charge is -2.72. The zero-order chi connectivity index (χ0) is 33.1. The molecule has 0 aliphatic heterocycles. The van der Waals surface area contributed by atoms with Gasteiger partial charge in [-0.2, -0.15) is 0 Å². The van der Waals surface area contributed by atoms with E-state index in [0.717, 1.165) is 37.8 Å². The molecule has 6 rings (SSSR count). The Morgan fingerprint density at radius 2 is 1.65 bits per heavy atom. The fourth-order valence-electron chi connectivity index (χ4n) is 13.0. The van der Waals surface area contributed by atoms with Crippen LogP contribution < -0.4 is 10.6 Å². The van der Waals surface area contributed by atoms with Crippen molar-refractivity contribution in [2.45, 2.75) is 106 Å². The molecule has 4 fully saturated rings. The van der Waals surface area contributed by atoms with E-state index in [1.54, 1.807) is 7.11 Å². The van der Waals surface area contributed by atoms with Gasteiger partial charge < -0.3 is 10.6 Å². The number of hydrogen-bond donors (Lipinski definition) is 2. The lowest BCUT2D eigenvalue weighted by atomic mass is 9.32. The second-order valence-electron chi connectivity index (χ2n) is 17.4. The maximum Gasteiger partial charge on any atom is 0.226 e. The fourth-order valence-corrected chi connectivity index (χ4v) is 13.0. The molecule has 5 heteroatoms. The third kappa shape index (κ3) is 4.92. The number of nitrogens with one attached hydrogen (secondary N) is 2. The van der Waals surface area contributed by atoms with Crippen molar-refractivity contribution in [1.82, 2.24) is 10.6 Å². The van der Waals surface area contributed by atoms with Gasteiger partial charge in [0.25, 0.3) is 0 Å². The van der Waals surface area contributed by atoms with Crippen LogP contribution in [0.15, 0.2) is 42.5 Å². The summed E-state index contributed by atoms with van der Waals surface area (Å²) in [5.74, 6) is 3.10. The van der Waals surface area contributed by atoms with Gasteiger partial charge in [0, 0.05) is 13.1 Å². The molecular weight excluding hydrogens is 568 g/mol. The average Bonchev–Trinajstić information content (AvgIpc) is 3.42. The van der Waals surface area contributed by atoms with Crippen molar-refractivity contribution in [2.24, 2.45) is 56.7 Å². The van der Waals surface area contributed by atoms with E-state index in [9.17, 15) is 4.79 Å². The van der Waals surface area contributed by atoms with Gasteiger partial charge in [0.1, 0.15) is 6.61 Å². The van der Waals surface area contributed by atoms with E-state index >= 15 is 0 Å². The molecule has 5 aliphatic carbocycles. The first-order chi connectivity index (χ1) is 21.8. The summed E-state index contributed by atoms with van der Waals surface area (Å²) < 4.78 is 0. The Labute approximate surface area is 279 Å². The molecule has 1 amide bonds. The van der Waals surface area contributed by atoms with E-state index in [0.29, 0.717) is 48.6 Å². The number of amides is 1. The highest BCUT2D eigenvalue weighted by Gasteiger charge is 2.71. The number of fused-ring (bicyclic) bond motifs is 7. The predicted octanol–water partition coefficient (Wildman–Crippen LogP) is 8.75. The zero-order valence-electron chi connectivity index (χ0n) is 30.2. The number of benzene rings is 1. The molecule has 46 heavy (non-hydrogen) atoms. The number of allylic oxidation sites excluding steroid dienone is 3. The molecule has 0 heterocycles. The van der Waals surface area contributed by atoms with Crippen LogP contribution in [0, 0.1) is 56.7 Å². The average molecular weight is 631 g/mol. The zero-order valence-corrected chi connectivity index (χ0v) is 30.2. The van der Waals surface area contributed by atoms with E-state index < -0.39 is 0 Å². The topological polar surface area (TPSA) is 59.6 Å². The van der Waals surface area contributed by atoms with Gasteiger partial charge in [-0.1, -0.05) is 77.1 Å². The van der Waals surface area contributed by atoms with Crippen LogP contribution in [0.25, 0.3) is 5.57 Å². The Balaban J connectivity index is 1.31. The smallest absolute Gasteiger partial charge is 0.226 e. The van der Waals surface area contributed by atoms with Crippen LogP contribution in [0.3, 0.4) is 0 Å². The predicted molar refractivity (Wildman–Crippen MR) is 188 cm³/mol. The maximum atomic E-state index is 14.1. The minimum atomic E-state index is -0.235. The third-order valence-electron chi connectivity index (χ3n) is 15.4. The minimum absolute atomic E-state index is 0.0975. The molecule has 0 unspecified atom stereocenters. The third-order valence-corrected chi connectivity index (χ3v) is 15.4. The molecule has 1 aromatic rings. The summed E-state index contributed by atoms with van der Waals surface area (Å²) in [5.41, 5.74) is 5.92. The quantitative estimate of drug-likeness (QED) is 0.124. The molecule has 0 bridgehead atoms. The van der Waals surface area contributed by atoms with Crippen molar-refractivity contribution in [3.05, 3.63) is 53.6 Å². The summed E-state index contributed by atoms with van der Waals surface area (Å²) >= 11 is 0. The van der Waals surface area contributed by atoms with Crippen molar-refractivity contribution in [2.75, 3.05) is 27.2 Å². The molecule has 2 N–H and O–H groups in total. The first-order valence-corrected chi connectivity index (χ1v) is 18.3. The highest BCUT2D eigenvalue weighted by atomic mass is 17.2. The number of likely N-dealkylation sites (N-methyl/N-ethyl adjacent to an activating group) is 1. The lowest BCUT2D eigenvalue weighted by molar-refractivity contribution is -0.282. The molecule has 0 spiro atoms. The van der Waals surface area contributed by atoms with E-state index in [-0.39, 0.29) is 27.1 Å². The molecule has 0 saturated heterocycles. The largest absolute Gasteiger partial charge is 0.354 e. The maximum absolute atomic E-state index is 14.1. The Bertz CT molecular complexity index is 1350. The SMILES string of the molecule is C=C(C)[C@@H]1CC[C@]2(C(=O)NCCNC)CC[C@]3(C)[C@H](CC[C@@H]4[C@@]5(C)CC=C(c6ccc(COOC)cc6)C(C)(C)[C@@H]5CC[C@]43C)[C@@H]12. The number of rotatable bonds is 9. The Kier molecular flexibility index (Phi) is 8.99. The molecule has 254 valence electrons. The number of hydrogen-bond acceptors (Lipinski definition) is 4. The monoisotopic (exact) mass is 630 g/mol. The summed E-state index contributed by atoms with van der Waals surface area (Å²) in [5, 5.41) is 6.59.